The predicted octanol–water partition coefficient (Wildman–Crippen LogP) is 1.86. The molecule has 0 saturated heterocycles. The van der Waals surface area contributed by atoms with Gasteiger partial charge in [0, 0.05) is 24.9 Å². The third-order valence-corrected chi connectivity index (χ3v) is 1.82. The van der Waals surface area contributed by atoms with Crippen LogP contribution in [0, 0.1) is 10.1 Å². The van der Waals surface area contributed by atoms with Crippen molar-refractivity contribution in [1.82, 2.24) is 0 Å². The molecular weight excluding hydrogens is 158 g/mol. The molecule has 2 unspecified atom stereocenters. The molecule has 0 fully saturated rings. The third-order valence-electron chi connectivity index (χ3n) is 1.82. The van der Waals surface area contributed by atoms with E-state index < -0.39 is 6.04 Å². The SMILES string of the molecule is CCOC(CC)CC(C)[N+](=O)[O-]. The summed E-state index contributed by atoms with van der Waals surface area (Å²) in [6.45, 7) is 6.12. The minimum atomic E-state index is -0.499. The summed E-state index contributed by atoms with van der Waals surface area (Å²) in [6, 6.07) is -0.499. The molecule has 4 heteroatoms. The summed E-state index contributed by atoms with van der Waals surface area (Å²) in [5.41, 5.74) is 0. The summed E-state index contributed by atoms with van der Waals surface area (Å²) in [5.74, 6) is 0. The summed E-state index contributed by atoms with van der Waals surface area (Å²) >= 11 is 0. The minimum absolute atomic E-state index is 0.0374. The fraction of sp³-hybridized carbons (Fsp3) is 1.00. The molecule has 0 aliphatic carbocycles. The van der Waals surface area contributed by atoms with Gasteiger partial charge in [-0.3, -0.25) is 10.1 Å². The summed E-state index contributed by atoms with van der Waals surface area (Å²) < 4.78 is 5.31. The van der Waals surface area contributed by atoms with E-state index in [1.165, 1.54) is 0 Å². The average Bonchev–Trinajstić information content (AvgIpc) is 2.03. The van der Waals surface area contributed by atoms with Gasteiger partial charge in [0.05, 0.1) is 6.10 Å². The second-order valence-electron chi connectivity index (χ2n) is 2.86. The van der Waals surface area contributed by atoms with Crippen molar-refractivity contribution in [1.29, 1.82) is 0 Å². The molecule has 0 spiro atoms. The largest absolute Gasteiger partial charge is 0.378 e. The lowest BCUT2D eigenvalue weighted by molar-refractivity contribution is -0.520. The molecule has 0 aromatic heterocycles. The molecule has 72 valence electrons. The van der Waals surface area contributed by atoms with Gasteiger partial charge in [0.15, 0.2) is 0 Å². The quantitative estimate of drug-likeness (QED) is 0.457. The van der Waals surface area contributed by atoms with Gasteiger partial charge in [-0.2, -0.15) is 0 Å². The van der Waals surface area contributed by atoms with Crippen molar-refractivity contribution in [3.63, 3.8) is 0 Å². The molecule has 0 heterocycles. The summed E-state index contributed by atoms with van der Waals surface area (Å²) in [7, 11) is 0. The Balaban J connectivity index is 3.76. The normalized spacial score (nSPS) is 15.6. The number of nitrogens with zero attached hydrogens (tertiary/aromatic N) is 1. The standard InChI is InChI=1S/C8H17NO3/c1-4-8(12-5-2)6-7(3)9(10)11/h7-8H,4-6H2,1-3H3. The maximum atomic E-state index is 10.3. The molecular formula is C8H17NO3. The van der Waals surface area contributed by atoms with Crippen LogP contribution in [0.4, 0.5) is 0 Å². The first-order valence-corrected chi connectivity index (χ1v) is 4.36. The number of rotatable bonds is 6. The summed E-state index contributed by atoms with van der Waals surface area (Å²) in [6.07, 6.45) is 1.39. The van der Waals surface area contributed by atoms with Crippen LogP contribution < -0.4 is 0 Å². The molecule has 0 amide bonds. The Kier molecular flexibility index (Phi) is 5.62. The second-order valence-corrected chi connectivity index (χ2v) is 2.86. The first-order valence-electron chi connectivity index (χ1n) is 4.36. The highest BCUT2D eigenvalue weighted by Crippen LogP contribution is 2.08. The highest BCUT2D eigenvalue weighted by Gasteiger charge is 2.18. The van der Waals surface area contributed by atoms with Crippen molar-refractivity contribution in [3.8, 4) is 0 Å². The van der Waals surface area contributed by atoms with Crippen molar-refractivity contribution >= 4 is 0 Å². The lowest BCUT2D eigenvalue weighted by Crippen LogP contribution is -2.24. The molecule has 0 saturated carbocycles. The number of ether oxygens (including phenoxy) is 1. The molecule has 0 radical (unpaired) electrons. The van der Waals surface area contributed by atoms with Crippen molar-refractivity contribution in [3.05, 3.63) is 10.1 Å². The van der Waals surface area contributed by atoms with Crippen LogP contribution in [0.25, 0.3) is 0 Å². The van der Waals surface area contributed by atoms with Crippen molar-refractivity contribution in [2.24, 2.45) is 0 Å². The van der Waals surface area contributed by atoms with Gasteiger partial charge in [0.25, 0.3) is 0 Å². The van der Waals surface area contributed by atoms with Crippen LogP contribution in [-0.4, -0.2) is 23.7 Å². The molecule has 2 atom stereocenters. The zero-order valence-corrected chi connectivity index (χ0v) is 7.95. The Labute approximate surface area is 73.1 Å². The monoisotopic (exact) mass is 175 g/mol. The Hall–Kier alpha value is -0.640. The van der Waals surface area contributed by atoms with Gasteiger partial charge in [-0.05, 0) is 13.3 Å². The number of nitro groups is 1. The van der Waals surface area contributed by atoms with Crippen LogP contribution in [-0.2, 0) is 4.74 Å². The molecule has 4 nitrogen and oxygen atoms in total. The van der Waals surface area contributed by atoms with Gasteiger partial charge in [0.2, 0.25) is 6.04 Å². The third kappa shape index (κ3) is 4.28. The molecule has 12 heavy (non-hydrogen) atoms. The fourth-order valence-corrected chi connectivity index (χ4v) is 1.05. The predicted molar refractivity (Wildman–Crippen MR) is 46.8 cm³/mol. The van der Waals surface area contributed by atoms with Gasteiger partial charge < -0.3 is 4.74 Å². The van der Waals surface area contributed by atoms with E-state index in [9.17, 15) is 10.1 Å². The maximum absolute atomic E-state index is 10.3. The first kappa shape index (κ1) is 11.4. The van der Waals surface area contributed by atoms with Crippen LogP contribution in [0.1, 0.15) is 33.6 Å². The Morgan fingerprint density at radius 2 is 2.08 bits per heavy atom. The number of hydrogen-bond acceptors (Lipinski definition) is 3. The van der Waals surface area contributed by atoms with Gasteiger partial charge in [0.1, 0.15) is 0 Å². The van der Waals surface area contributed by atoms with E-state index in [0.717, 1.165) is 6.42 Å². The molecule has 0 N–H and O–H groups in total. The van der Waals surface area contributed by atoms with E-state index in [-0.39, 0.29) is 11.0 Å². The van der Waals surface area contributed by atoms with E-state index in [2.05, 4.69) is 0 Å². The van der Waals surface area contributed by atoms with Gasteiger partial charge in [-0.1, -0.05) is 6.92 Å². The van der Waals surface area contributed by atoms with Crippen LogP contribution in [0.3, 0.4) is 0 Å². The van der Waals surface area contributed by atoms with Gasteiger partial charge in [-0.25, -0.2) is 0 Å². The molecule has 0 aromatic carbocycles. The van der Waals surface area contributed by atoms with E-state index >= 15 is 0 Å². The van der Waals surface area contributed by atoms with Crippen molar-refractivity contribution in [2.75, 3.05) is 6.61 Å². The lowest BCUT2D eigenvalue weighted by Gasteiger charge is -2.14. The van der Waals surface area contributed by atoms with Gasteiger partial charge >= 0.3 is 0 Å². The smallest absolute Gasteiger partial charge is 0.212 e. The molecule has 0 bridgehead atoms. The van der Waals surface area contributed by atoms with Crippen LogP contribution in [0.2, 0.25) is 0 Å². The second kappa shape index (κ2) is 5.94. The lowest BCUT2D eigenvalue weighted by atomic mass is 10.1. The topological polar surface area (TPSA) is 52.4 Å². The van der Waals surface area contributed by atoms with Crippen LogP contribution >= 0.6 is 0 Å². The fourth-order valence-electron chi connectivity index (χ4n) is 1.05. The molecule has 0 aliphatic rings. The molecule has 0 aromatic rings. The highest BCUT2D eigenvalue weighted by atomic mass is 16.6. The Morgan fingerprint density at radius 1 is 1.50 bits per heavy atom. The average molecular weight is 175 g/mol. The Bertz CT molecular complexity index is 138. The van der Waals surface area contributed by atoms with Crippen LogP contribution in [0.15, 0.2) is 0 Å². The number of hydrogen-bond donors (Lipinski definition) is 0. The van der Waals surface area contributed by atoms with E-state index in [1.807, 2.05) is 13.8 Å². The molecule has 0 rings (SSSR count). The van der Waals surface area contributed by atoms with Crippen molar-refractivity contribution < 1.29 is 9.66 Å². The van der Waals surface area contributed by atoms with Crippen LogP contribution in [0.5, 0.6) is 0 Å². The first-order chi connectivity index (χ1) is 5.61. The Morgan fingerprint density at radius 3 is 2.42 bits per heavy atom. The summed E-state index contributed by atoms with van der Waals surface area (Å²) in [5, 5.41) is 10.3. The minimum Gasteiger partial charge on any atom is -0.378 e. The summed E-state index contributed by atoms with van der Waals surface area (Å²) in [4.78, 5) is 10.0. The maximum Gasteiger partial charge on any atom is 0.212 e. The zero-order chi connectivity index (χ0) is 9.56. The van der Waals surface area contributed by atoms with E-state index in [4.69, 9.17) is 4.74 Å². The van der Waals surface area contributed by atoms with E-state index in [1.54, 1.807) is 6.92 Å². The van der Waals surface area contributed by atoms with Crippen molar-refractivity contribution in [2.45, 2.75) is 45.8 Å². The van der Waals surface area contributed by atoms with E-state index in [0.29, 0.717) is 13.0 Å². The van der Waals surface area contributed by atoms with Gasteiger partial charge in [-0.15, -0.1) is 0 Å². The highest BCUT2D eigenvalue weighted by molar-refractivity contribution is 4.60. The molecule has 0 aliphatic heterocycles. The zero-order valence-electron chi connectivity index (χ0n) is 7.95.